The molecule has 1 heteroatoms. The fourth-order valence-corrected chi connectivity index (χ4v) is 1.95. The molecule has 0 aromatic carbocycles. The van der Waals surface area contributed by atoms with Crippen LogP contribution in [0.1, 0.15) is 33.1 Å². The van der Waals surface area contributed by atoms with Crippen molar-refractivity contribution in [3.8, 4) is 12.3 Å². The highest BCUT2D eigenvalue weighted by atomic mass is 15.2. The fraction of sp³-hybridized carbons (Fsp3) is 0.800. The van der Waals surface area contributed by atoms with Crippen LogP contribution < -0.4 is 0 Å². The Bertz CT molecular complexity index is 157. The standard InChI is InChI=1S/C10H17N/c1-4-8-11-9(3)6-7-10(11)5-2/h1,9-10H,5-8H2,2-3H3. The third-order valence-electron chi connectivity index (χ3n) is 2.70. The molecule has 0 saturated carbocycles. The average molecular weight is 151 g/mol. The Morgan fingerprint density at radius 2 is 2.27 bits per heavy atom. The summed E-state index contributed by atoms with van der Waals surface area (Å²) in [6.45, 7) is 5.35. The van der Waals surface area contributed by atoms with Crippen molar-refractivity contribution < 1.29 is 0 Å². The molecule has 1 fully saturated rings. The quantitative estimate of drug-likeness (QED) is 0.545. The van der Waals surface area contributed by atoms with Crippen LogP contribution in [0.3, 0.4) is 0 Å². The van der Waals surface area contributed by atoms with Crippen LogP contribution in [0.4, 0.5) is 0 Å². The lowest BCUT2D eigenvalue weighted by molar-refractivity contribution is 0.225. The van der Waals surface area contributed by atoms with Crippen molar-refractivity contribution >= 4 is 0 Å². The molecular formula is C10H17N. The van der Waals surface area contributed by atoms with Crippen molar-refractivity contribution in [3.05, 3.63) is 0 Å². The maximum absolute atomic E-state index is 5.30. The van der Waals surface area contributed by atoms with Crippen molar-refractivity contribution in [2.24, 2.45) is 0 Å². The van der Waals surface area contributed by atoms with E-state index in [-0.39, 0.29) is 0 Å². The van der Waals surface area contributed by atoms with E-state index in [4.69, 9.17) is 6.42 Å². The van der Waals surface area contributed by atoms with Gasteiger partial charge in [0.2, 0.25) is 0 Å². The van der Waals surface area contributed by atoms with Gasteiger partial charge >= 0.3 is 0 Å². The topological polar surface area (TPSA) is 3.24 Å². The summed E-state index contributed by atoms with van der Waals surface area (Å²) in [6.07, 6.45) is 9.19. The van der Waals surface area contributed by atoms with Gasteiger partial charge in [0.25, 0.3) is 0 Å². The molecule has 2 atom stereocenters. The summed E-state index contributed by atoms with van der Waals surface area (Å²) in [5.41, 5.74) is 0. The van der Waals surface area contributed by atoms with Crippen LogP contribution in [-0.2, 0) is 0 Å². The third-order valence-corrected chi connectivity index (χ3v) is 2.70. The molecule has 62 valence electrons. The van der Waals surface area contributed by atoms with Crippen LogP contribution in [0.2, 0.25) is 0 Å². The molecule has 0 aromatic heterocycles. The Balaban J connectivity index is 2.50. The highest BCUT2D eigenvalue weighted by molar-refractivity contribution is 4.95. The second-order valence-electron chi connectivity index (χ2n) is 3.36. The minimum Gasteiger partial charge on any atom is -0.287 e. The zero-order valence-corrected chi connectivity index (χ0v) is 7.51. The van der Waals surface area contributed by atoms with Crippen molar-refractivity contribution in [1.29, 1.82) is 0 Å². The van der Waals surface area contributed by atoms with Gasteiger partial charge in [-0.1, -0.05) is 12.8 Å². The smallest absolute Gasteiger partial charge is 0.0603 e. The van der Waals surface area contributed by atoms with E-state index < -0.39 is 0 Å². The van der Waals surface area contributed by atoms with E-state index in [1.54, 1.807) is 0 Å². The Labute approximate surface area is 69.8 Å². The van der Waals surface area contributed by atoms with Crippen LogP contribution >= 0.6 is 0 Å². The Hall–Kier alpha value is -0.480. The van der Waals surface area contributed by atoms with Gasteiger partial charge in [-0.05, 0) is 26.2 Å². The normalized spacial score (nSPS) is 32.1. The van der Waals surface area contributed by atoms with Crippen molar-refractivity contribution in [1.82, 2.24) is 4.90 Å². The van der Waals surface area contributed by atoms with E-state index in [0.717, 1.165) is 12.6 Å². The zero-order chi connectivity index (χ0) is 8.27. The lowest BCUT2D eigenvalue weighted by atomic mass is 10.2. The summed E-state index contributed by atoms with van der Waals surface area (Å²) in [5.74, 6) is 2.73. The monoisotopic (exact) mass is 151 g/mol. The van der Waals surface area contributed by atoms with Gasteiger partial charge in [-0.25, -0.2) is 0 Å². The van der Waals surface area contributed by atoms with Crippen molar-refractivity contribution in [2.75, 3.05) is 6.54 Å². The Morgan fingerprint density at radius 1 is 1.55 bits per heavy atom. The van der Waals surface area contributed by atoms with Crippen LogP contribution in [0.25, 0.3) is 0 Å². The largest absolute Gasteiger partial charge is 0.287 e. The minimum absolute atomic E-state index is 0.705. The number of nitrogens with zero attached hydrogens (tertiary/aromatic N) is 1. The summed E-state index contributed by atoms with van der Waals surface area (Å²) in [5, 5.41) is 0. The van der Waals surface area contributed by atoms with E-state index in [0.29, 0.717) is 6.04 Å². The van der Waals surface area contributed by atoms with Crippen LogP contribution in [0.15, 0.2) is 0 Å². The first-order valence-corrected chi connectivity index (χ1v) is 4.48. The Kier molecular flexibility index (Phi) is 2.96. The van der Waals surface area contributed by atoms with Gasteiger partial charge in [-0.2, -0.15) is 0 Å². The molecule has 0 aromatic rings. The van der Waals surface area contributed by atoms with Crippen molar-refractivity contribution in [3.63, 3.8) is 0 Å². The summed E-state index contributed by atoms with van der Waals surface area (Å²) >= 11 is 0. The summed E-state index contributed by atoms with van der Waals surface area (Å²) in [7, 11) is 0. The molecule has 0 radical (unpaired) electrons. The van der Waals surface area contributed by atoms with E-state index >= 15 is 0 Å². The summed E-state index contributed by atoms with van der Waals surface area (Å²) in [6, 6.07) is 1.46. The fourth-order valence-electron chi connectivity index (χ4n) is 1.95. The summed E-state index contributed by atoms with van der Waals surface area (Å²) < 4.78 is 0. The van der Waals surface area contributed by atoms with Crippen LogP contribution in [-0.4, -0.2) is 23.5 Å². The van der Waals surface area contributed by atoms with Gasteiger partial charge in [-0.3, -0.25) is 4.90 Å². The van der Waals surface area contributed by atoms with Gasteiger partial charge in [0.05, 0.1) is 6.54 Å². The van der Waals surface area contributed by atoms with Crippen LogP contribution in [0.5, 0.6) is 0 Å². The van der Waals surface area contributed by atoms with E-state index in [1.165, 1.54) is 19.3 Å². The lowest BCUT2D eigenvalue weighted by Gasteiger charge is -2.24. The molecule has 11 heavy (non-hydrogen) atoms. The molecule has 2 unspecified atom stereocenters. The number of terminal acetylenes is 1. The second-order valence-corrected chi connectivity index (χ2v) is 3.36. The first-order chi connectivity index (χ1) is 5.29. The van der Waals surface area contributed by atoms with E-state index in [1.807, 2.05) is 0 Å². The van der Waals surface area contributed by atoms with E-state index in [2.05, 4.69) is 24.7 Å². The SMILES string of the molecule is C#CCN1C(C)CCC1CC. The number of likely N-dealkylation sites (tertiary alicyclic amines) is 1. The molecule has 0 spiro atoms. The van der Waals surface area contributed by atoms with E-state index in [9.17, 15) is 0 Å². The third kappa shape index (κ3) is 1.75. The average Bonchev–Trinajstić information content (AvgIpc) is 2.34. The first-order valence-electron chi connectivity index (χ1n) is 4.48. The van der Waals surface area contributed by atoms with Gasteiger partial charge in [0.1, 0.15) is 0 Å². The number of hydrogen-bond donors (Lipinski definition) is 0. The molecule has 1 saturated heterocycles. The molecule has 1 rings (SSSR count). The predicted molar refractivity (Wildman–Crippen MR) is 48.3 cm³/mol. The molecule has 0 bridgehead atoms. The predicted octanol–water partition coefficient (Wildman–Crippen LogP) is 1.88. The van der Waals surface area contributed by atoms with Crippen molar-refractivity contribution in [2.45, 2.75) is 45.2 Å². The molecular weight excluding hydrogens is 134 g/mol. The number of hydrogen-bond acceptors (Lipinski definition) is 1. The maximum Gasteiger partial charge on any atom is 0.0603 e. The number of rotatable bonds is 2. The molecule has 0 N–H and O–H groups in total. The maximum atomic E-state index is 5.30. The van der Waals surface area contributed by atoms with Gasteiger partial charge < -0.3 is 0 Å². The highest BCUT2D eigenvalue weighted by Gasteiger charge is 2.27. The summed E-state index contributed by atoms with van der Waals surface area (Å²) in [4.78, 5) is 2.44. The molecule has 1 aliphatic rings. The second kappa shape index (κ2) is 3.78. The zero-order valence-electron chi connectivity index (χ0n) is 7.51. The van der Waals surface area contributed by atoms with Crippen LogP contribution in [0, 0.1) is 12.3 Å². The first kappa shape index (κ1) is 8.62. The van der Waals surface area contributed by atoms with Gasteiger partial charge in [-0.15, -0.1) is 6.42 Å². The molecule has 1 heterocycles. The molecule has 1 aliphatic heterocycles. The molecule has 1 nitrogen and oxygen atoms in total. The Morgan fingerprint density at radius 3 is 2.82 bits per heavy atom. The minimum atomic E-state index is 0.705. The highest BCUT2D eigenvalue weighted by Crippen LogP contribution is 2.24. The molecule has 0 aliphatic carbocycles. The molecule has 0 amide bonds. The van der Waals surface area contributed by atoms with Gasteiger partial charge in [0.15, 0.2) is 0 Å². The van der Waals surface area contributed by atoms with Gasteiger partial charge in [0, 0.05) is 12.1 Å². The lowest BCUT2D eigenvalue weighted by Crippen LogP contribution is -2.34.